The molecular weight excluding hydrogens is 481 g/mol. The molecule has 0 spiro atoms. The number of benzene rings is 1. The average Bonchev–Trinajstić information content (AvgIpc) is 3.00. The zero-order valence-corrected chi connectivity index (χ0v) is 20.9. The first kappa shape index (κ1) is 27.6. The summed E-state index contributed by atoms with van der Waals surface area (Å²) in [6.45, 7) is 6.51. The molecule has 1 aromatic rings. The van der Waals surface area contributed by atoms with Crippen LogP contribution >= 0.6 is 12.4 Å². The number of piperazine rings is 1. The number of β-amino-alcohol motifs (C(OH)–C–C–N with tert-alkyl or cyclic N) is 1. The van der Waals surface area contributed by atoms with Gasteiger partial charge in [0.2, 0.25) is 11.8 Å². The highest BCUT2D eigenvalue weighted by Gasteiger charge is 2.52. The summed E-state index contributed by atoms with van der Waals surface area (Å²) in [6, 6.07) is 4.49. The van der Waals surface area contributed by atoms with Crippen molar-refractivity contribution in [2.24, 2.45) is 11.8 Å². The van der Waals surface area contributed by atoms with Gasteiger partial charge in [0.05, 0.1) is 48.5 Å². The van der Waals surface area contributed by atoms with Gasteiger partial charge in [-0.25, -0.2) is 4.39 Å². The van der Waals surface area contributed by atoms with Crippen molar-refractivity contribution >= 4 is 29.9 Å². The number of ether oxygens (including phenoxy) is 1. The second-order valence-electron chi connectivity index (χ2n) is 9.83. The van der Waals surface area contributed by atoms with Crippen LogP contribution in [-0.2, 0) is 9.59 Å². The number of likely N-dealkylation sites (tertiary alicyclic amines) is 1. The summed E-state index contributed by atoms with van der Waals surface area (Å²) in [7, 11) is 0. The number of fused-ring (bicyclic) bond motifs is 1. The van der Waals surface area contributed by atoms with Gasteiger partial charge in [0, 0.05) is 38.8 Å². The van der Waals surface area contributed by atoms with Crippen LogP contribution in [0.4, 0.5) is 10.1 Å². The lowest BCUT2D eigenvalue weighted by atomic mass is 9.78. The first-order chi connectivity index (χ1) is 16.1. The monoisotopic (exact) mass is 515 g/mol. The number of anilines is 1. The average molecular weight is 516 g/mol. The Morgan fingerprint density at radius 3 is 2.11 bits per heavy atom. The van der Waals surface area contributed by atoms with E-state index >= 15 is 0 Å². The highest BCUT2D eigenvalue weighted by molar-refractivity contribution is 6.05. The quantitative estimate of drug-likeness (QED) is 0.453. The molecule has 2 amide bonds. The van der Waals surface area contributed by atoms with Crippen molar-refractivity contribution in [2.45, 2.75) is 51.1 Å². The molecule has 2 heterocycles. The van der Waals surface area contributed by atoms with E-state index in [9.17, 15) is 29.3 Å². The lowest BCUT2D eigenvalue weighted by Gasteiger charge is -2.37. The van der Waals surface area contributed by atoms with Crippen molar-refractivity contribution in [3.8, 4) is 5.75 Å². The van der Waals surface area contributed by atoms with E-state index in [1.165, 1.54) is 12.1 Å². The third-order valence-corrected chi connectivity index (χ3v) is 6.95. The van der Waals surface area contributed by atoms with Gasteiger partial charge >= 0.3 is 0 Å². The standard InChI is InChI=1S/C24H34FN3O6.ClH/c1-14(2)34-22-4-3-15(25)9-19(22)27-7-5-26(6-8-27)12-16(29)13-28-23(32)17-10-20(30)21(31)11-18(17)24(28)33;/h3-4,9,14,16-18,20-21,29-31H,5-8,10-13H2,1-2H3;1H. The van der Waals surface area contributed by atoms with Gasteiger partial charge in [-0.05, 0) is 38.8 Å². The molecule has 196 valence electrons. The Labute approximate surface area is 210 Å². The minimum absolute atomic E-state index is 0. The molecule has 0 bridgehead atoms. The normalized spacial score (nSPS) is 28.2. The van der Waals surface area contributed by atoms with Gasteiger partial charge in [0.25, 0.3) is 0 Å². The molecule has 11 heteroatoms. The maximum atomic E-state index is 13.9. The van der Waals surface area contributed by atoms with E-state index < -0.39 is 30.1 Å². The number of carbonyl (C=O) groups is 2. The van der Waals surface area contributed by atoms with Crippen LogP contribution in [0.3, 0.4) is 0 Å². The molecule has 3 aliphatic rings. The Balaban J connectivity index is 0.00000342. The molecule has 1 aromatic carbocycles. The Bertz CT molecular complexity index is 885. The molecule has 3 fully saturated rings. The number of halogens is 2. The number of amides is 2. The first-order valence-corrected chi connectivity index (χ1v) is 12.0. The fraction of sp³-hybridized carbons (Fsp3) is 0.667. The molecule has 4 rings (SSSR count). The highest BCUT2D eigenvalue weighted by Crippen LogP contribution is 2.38. The van der Waals surface area contributed by atoms with Gasteiger partial charge in [-0.3, -0.25) is 19.4 Å². The number of hydrogen-bond acceptors (Lipinski definition) is 8. The van der Waals surface area contributed by atoms with Crippen molar-refractivity contribution in [1.82, 2.24) is 9.80 Å². The van der Waals surface area contributed by atoms with E-state index in [1.807, 2.05) is 13.8 Å². The summed E-state index contributed by atoms with van der Waals surface area (Å²) in [4.78, 5) is 30.6. The lowest BCUT2D eigenvalue weighted by molar-refractivity contribution is -0.141. The summed E-state index contributed by atoms with van der Waals surface area (Å²) < 4.78 is 19.7. The van der Waals surface area contributed by atoms with E-state index in [4.69, 9.17) is 4.74 Å². The Morgan fingerprint density at radius 2 is 1.57 bits per heavy atom. The topological polar surface area (TPSA) is 114 Å². The summed E-state index contributed by atoms with van der Waals surface area (Å²) in [5, 5.41) is 30.4. The second kappa shape index (κ2) is 11.4. The Morgan fingerprint density at radius 1 is 1.00 bits per heavy atom. The maximum Gasteiger partial charge on any atom is 0.233 e. The van der Waals surface area contributed by atoms with E-state index in [2.05, 4.69) is 9.80 Å². The first-order valence-electron chi connectivity index (χ1n) is 12.0. The lowest BCUT2D eigenvalue weighted by Crippen LogP contribution is -2.50. The third kappa shape index (κ3) is 6.06. The Hall–Kier alpha value is -1.98. The number of aliphatic hydroxyl groups is 3. The van der Waals surface area contributed by atoms with Crippen molar-refractivity contribution < 1.29 is 34.0 Å². The molecule has 35 heavy (non-hydrogen) atoms. The van der Waals surface area contributed by atoms with Gasteiger partial charge in [0.15, 0.2) is 0 Å². The van der Waals surface area contributed by atoms with Crippen LogP contribution in [0.1, 0.15) is 26.7 Å². The molecule has 5 atom stereocenters. The van der Waals surface area contributed by atoms with E-state index in [1.54, 1.807) is 6.07 Å². The maximum absolute atomic E-state index is 13.9. The molecule has 0 aromatic heterocycles. The van der Waals surface area contributed by atoms with Crippen LogP contribution in [0.15, 0.2) is 18.2 Å². The summed E-state index contributed by atoms with van der Waals surface area (Å²) in [5.41, 5.74) is 0.703. The number of nitrogens with zero attached hydrogens (tertiary/aromatic N) is 3. The van der Waals surface area contributed by atoms with Crippen LogP contribution in [-0.4, -0.2) is 101 Å². The number of carbonyl (C=O) groups excluding carboxylic acids is 2. The highest BCUT2D eigenvalue weighted by atomic mass is 35.5. The predicted octanol–water partition coefficient (Wildman–Crippen LogP) is 0.634. The minimum atomic E-state index is -1.01. The van der Waals surface area contributed by atoms with Crippen molar-refractivity contribution in [1.29, 1.82) is 0 Å². The van der Waals surface area contributed by atoms with Crippen LogP contribution in [0.25, 0.3) is 0 Å². The van der Waals surface area contributed by atoms with Gasteiger partial charge in [0.1, 0.15) is 11.6 Å². The minimum Gasteiger partial charge on any atom is -0.489 e. The number of hydrogen-bond donors (Lipinski definition) is 3. The number of aliphatic hydroxyl groups excluding tert-OH is 3. The summed E-state index contributed by atoms with van der Waals surface area (Å²) in [5.74, 6) is -1.72. The molecule has 2 aliphatic heterocycles. The fourth-order valence-electron chi connectivity index (χ4n) is 5.23. The van der Waals surface area contributed by atoms with Crippen LogP contribution in [0.5, 0.6) is 5.75 Å². The molecular formula is C24H35ClFN3O6. The summed E-state index contributed by atoms with van der Waals surface area (Å²) in [6.07, 6.45) is -2.84. The van der Waals surface area contributed by atoms with Gasteiger partial charge in [-0.1, -0.05) is 0 Å². The van der Waals surface area contributed by atoms with Crippen molar-refractivity contribution in [3.63, 3.8) is 0 Å². The van der Waals surface area contributed by atoms with Crippen LogP contribution < -0.4 is 9.64 Å². The predicted molar refractivity (Wildman–Crippen MR) is 129 cm³/mol. The van der Waals surface area contributed by atoms with Gasteiger partial charge < -0.3 is 25.0 Å². The van der Waals surface area contributed by atoms with Crippen molar-refractivity contribution in [3.05, 3.63) is 24.0 Å². The fourth-order valence-corrected chi connectivity index (χ4v) is 5.23. The second-order valence-corrected chi connectivity index (χ2v) is 9.83. The molecule has 2 saturated heterocycles. The Kier molecular flexibility index (Phi) is 8.98. The van der Waals surface area contributed by atoms with Crippen LogP contribution in [0.2, 0.25) is 0 Å². The van der Waals surface area contributed by atoms with Crippen molar-refractivity contribution in [2.75, 3.05) is 44.2 Å². The summed E-state index contributed by atoms with van der Waals surface area (Å²) >= 11 is 0. The van der Waals surface area contributed by atoms with E-state index in [0.29, 0.717) is 44.2 Å². The molecule has 9 nitrogen and oxygen atoms in total. The van der Waals surface area contributed by atoms with Gasteiger partial charge in [-0.15, -0.1) is 12.4 Å². The SMILES string of the molecule is CC(C)Oc1ccc(F)cc1N1CCN(CC(O)CN2C(=O)C3CC(O)C(O)CC3C2=O)CC1.Cl. The number of rotatable bonds is 7. The van der Waals surface area contributed by atoms with Gasteiger partial charge in [-0.2, -0.15) is 0 Å². The molecule has 3 N–H and O–H groups in total. The van der Waals surface area contributed by atoms with E-state index in [-0.39, 0.29) is 55.5 Å². The zero-order valence-electron chi connectivity index (χ0n) is 20.0. The smallest absolute Gasteiger partial charge is 0.233 e. The van der Waals surface area contributed by atoms with Crippen LogP contribution in [0, 0.1) is 17.7 Å². The molecule has 1 aliphatic carbocycles. The molecule has 5 unspecified atom stereocenters. The molecule has 1 saturated carbocycles. The zero-order chi connectivity index (χ0) is 24.6. The largest absolute Gasteiger partial charge is 0.489 e. The molecule has 0 radical (unpaired) electrons. The third-order valence-electron chi connectivity index (χ3n) is 6.95. The van der Waals surface area contributed by atoms with E-state index in [0.717, 1.165) is 4.90 Å². The number of imide groups is 1.